The van der Waals surface area contributed by atoms with E-state index in [1.54, 1.807) is 28.0 Å². The van der Waals surface area contributed by atoms with Crippen molar-refractivity contribution in [2.24, 2.45) is 5.92 Å². The first-order chi connectivity index (χ1) is 9.95. The largest absolute Gasteiger partial charge is 0.376 e. The predicted octanol–water partition coefficient (Wildman–Crippen LogP) is 1.65. The average molecular weight is 334 g/mol. The monoisotopic (exact) mass is 334 g/mol. The maximum absolute atomic E-state index is 12.4. The number of rotatable bonds is 7. The van der Waals surface area contributed by atoms with Crippen LogP contribution in [0.2, 0.25) is 0 Å². The number of carbonyl (C=O) groups is 1. The van der Waals surface area contributed by atoms with Crippen LogP contribution in [0.3, 0.4) is 0 Å². The third kappa shape index (κ3) is 4.13. The molecule has 0 aromatic heterocycles. The standard InChI is InChI=1S/C15H30N2O4S/c1-10(11(2)22(7,19)20)17(5)14(18)16-12(3)15(4,21-6)13-8-9-13/h10-13H,8-9H2,1-7H3,(H,16,18). The summed E-state index contributed by atoms with van der Waals surface area (Å²) in [6.45, 7) is 7.30. The highest BCUT2D eigenvalue weighted by Gasteiger charge is 2.46. The first kappa shape index (κ1) is 19.2. The van der Waals surface area contributed by atoms with Gasteiger partial charge < -0.3 is 15.0 Å². The van der Waals surface area contributed by atoms with Gasteiger partial charge in [-0.15, -0.1) is 0 Å². The summed E-state index contributed by atoms with van der Waals surface area (Å²) in [5, 5.41) is 2.33. The van der Waals surface area contributed by atoms with Gasteiger partial charge in [-0.05, 0) is 46.5 Å². The summed E-state index contributed by atoms with van der Waals surface area (Å²) in [4.78, 5) is 13.8. The molecule has 1 N–H and O–H groups in total. The van der Waals surface area contributed by atoms with E-state index >= 15 is 0 Å². The van der Waals surface area contributed by atoms with Crippen molar-refractivity contribution in [1.82, 2.24) is 10.2 Å². The van der Waals surface area contributed by atoms with Gasteiger partial charge >= 0.3 is 6.03 Å². The van der Waals surface area contributed by atoms with Gasteiger partial charge in [0.05, 0.1) is 16.9 Å². The molecule has 4 unspecified atom stereocenters. The van der Waals surface area contributed by atoms with Crippen LogP contribution >= 0.6 is 0 Å². The Bertz CT molecular complexity index is 504. The van der Waals surface area contributed by atoms with Gasteiger partial charge in [-0.2, -0.15) is 0 Å². The lowest BCUT2D eigenvalue weighted by atomic mass is 9.92. The molecule has 7 heteroatoms. The van der Waals surface area contributed by atoms with Crippen molar-refractivity contribution in [2.75, 3.05) is 20.4 Å². The SMILES string of the molecule is COC(C)(C1CC1)C(C)NC(=O)N(C)C(C)C(C)S(C)(=O)=O. The van der Waals surface area contributed by atoms with E-state index in [1.807, 2.05) is 13.8 Å². The average Bonchev–Trinajstić information content (AvgIpc) is 3.27. The molecule has 0 heterocycles. The lowest BCUT2D eigenvalue weighted by Gasteiger charge is -2.37. The summed E-state index contributed by atoms with van der Waals surface area (Å²) in [6, 6.07) is -0.836. The molecule has 0 radical (unpaired) electrons. The van der Waals surface area contributed by atoms with Gasteiger partial charge in [0.15, 0.2) is 9.84 Å². The molecule has 0 spiro atoms. The molecule has 22 heavy (non-hydrogen) atoms. The summed E-state index contributed by atoms with van der Waals surface area (Å²) in [6.07, 6.45) is 3.42. The van der Waals surface area contributed by atoms with E-state index < -0.39 is 21.1 Å². The Hall–Kier alpha value is -0.820. The molecule has 130 valence electrons. The first-order valence-electron chi connectivity index (χ1n) is 7.72. The van der Waals surface area contributed by atoms with E-state index in [1.165, 1.54) is 11.2 Å². The number of nitrogens with one attached hydrogen (secondary N) is 1. The van der Waals surface area contributed by atoms with Crippen LogP contribution in [0.4, 0.5) is 4.79 Å². The van der Waals surface area contributed by atoms with Gasteiger partial charge in [-0.3, -0.25) is 0 Å². The van der Waals surface area contributed by atoms with E-state index in [2.05, 4.69) is 5.32 Å². The smallest absolute Gasteiger partial charge is 0.317 e. The van der Waals surface area contributed by atoms with Gasteiger partial charge in [-0.1, -0.05) is 0 Å². The van der Waals surface area contributed by atoms with Crippen LogP contribution in [0, 0.1) is 5.92 Å². The Morgan fingerprint density at radius 2 is 1.82 bits per heavy atom. The highest BCUT2D eigenvalue weighted by Crippen LogP contribution is 2.43. The lowest BCUT2D eigenvalue weighted by Crippen LogP contribution is -2.56. The molecule has 2 amide bonds. The second-order valence-electron chi connectivity index (χ2n) is 6.72. The quantitative estimate of drug-likeness (QED) is 0.768. The van der Waals surface area contributed by atoms with Crippen molar-refractivity contribution in [3.8, 4) is 0 Å². The number of sulfone groups is 1. The van der Waals surface area contributed by atoms with Crippen molar-refractivity contribution in [1.29, 1.82) is 0 Å². The second kappa shape index (κ2) is 6.74. The summed E-state index contributed by atoms with van der Waals surface area (Å²) < 4.78 is 28.9. The molecule has 1 aliphatic rings. The lowest BCUT2D eigenvalue weighted by molar-refractivity contribution is -0.0372. The number of amides is 2. The number of hydrogen-bond acceptors (Lipinski definition) is 4. The molecule has 4 atom stereocenters. The van der Waals surface area contributed by atoms with Gasteiger partial charge in [0, 0.05) is 26.5 Å². The van der Waals surface area contributed by atoms with Crippen LogP contribution in [0.5, 0.6) is 0 Å². The Morgan fingerprint density at radius 3 is 2.18 bits per heavy atom. The highest BCUT2D eigenvalue weighted by atomic mass is 32.2. The van der Waals surface area contributed by atoms with E-state index in [-0.39, 0.29) is 17.7 Å². The Balaban J connectivity index is 2.71. The third-order valence-electron chi connectivity index (χ3n) is 5.31. The maximum atomic E-state index is 12.4. The van der Waals surface area contributed by atoms with Crippen molar-refractivity contribution < 1.29 is 17.9 Å². The normalized spacial score (nSPS) is 22.3. The van der Waals surface area contributed by atoms with Gasteiger partial charge in [0.2, 0.25) is 0 Å². The fourth-order valence-electron chi connectivity index (χ4n) is 2.64. The number of urea groups is 1. The molecular weight excluding hydrogens is 304 g/mol. The van der Waals surface area contributed by atoms with Crippen LogP contribution < -0.4 is 5.32 Å². The van der Waals surface area contributed by atoms with Crippen molar-refractivity contribution >= 4 is 15.9 Å². The summed E-state index contributed by atoms with van der Waals surface area (Å²) in [7, 11) is 0.0945. The van der Waals surface area contributed by atoms with Gasteiger partial charge in [0.1, 0.15) is 0 Å². The molecule has 0 aromatic carbocycles. The molecule has 1 saturated carbocycles. The molecule has 0 saturated heterocycles. The molecule has 1 aliphatic carbocycles. The molecular formula is C15H30N2O4S. The highest BCUT2D eigenvalue weighted by molar-refractivity contribution is 7.91. The fraction of sp³-hybridized carbons (Fsp3) is 0.933. The second-order valence-corrected chi connectivity index (χ2v) is 9.12. The Morgan fingerprint density at radius 1 is 1.32 bits per heavy atom. The van der Waals surface area contributed by atoms with E-state index in [0.717, 1.165) is 12.8 Å². The van der Waals surface area contributed by atoms with Crippen LogP contribution in [-0.4, -0.2) is 62.7 Å². The van der Waals surface area contributed by atoms with Gasteiger partial charge in [-0.25, -0.2) is 13.2 Å². The number of nitrogens with zero attached hydrogens (tertiary/aromatic N) is 1. The molecule has 1 fully saturated rings. The van der Waals surface area contributed by atoms with Crippen LogP contribution in [-0.2, 0) is 14.6 Å². The third-order valence-corrected chi connectivity index (χ3v) is 7.06. The molecule has 0 aliphatic heterocycles. The molecule has 0 bridgehead atoms. The van der Waals surface area contributed by atoms with E-state index in [0.29, 0.717) is 5.92 Å². The number of ether oxygens (including phenoxy) is 1. The zero-order valence-corrected chi connectivity index (χ0v) is 15.5. The topological polar surface area (TPSA) is 75.7 Å². The molecule has 1 rings (SSSR count). The first-order valence-corrected chi connectivity index (χ1v) is 9.68. The number of hydrogen-bond donors (Lipinski definition) is 1. The molecule has 0 aromatic rings. The van der Waals surface area contributed by atoms with E-state index in [9.17, 15) is 13.2 Å². The fourth-order valence-corrected chi connectivity index (χ4v) is 3.54. The van der Waals surface area contributed by atoms with E-state index in [4.69, 9.17) is 4.74 Å². The van der Waals surface area contributed by atoms with Crippen molar-refractivity contribution in [2.45, 2.75) is 63.5 Å². The van der Waals surface area contributed by atoms with Crippen LogP contribution in [0.15, 0.2) is 0 Å². The minimum Gasteiger partial charge on any atom is -0.376 e. The predicted molar refractivity (Wildman–Crippen MR) is 87.7 cm³/mol. The molecule has 6 nitrogen and oxygen atoms in total. The summed E-state index contributed by atoms with van der Waals surface area (Å²) >= 11 is 0. The van der Waals surface area contributed by atoms with Gasteiger partial charge in [0.25, 0.3) is 0 Å². The van der Waals surface area contributed by atoms with Crippen molar-refractivity contribution in [3.63, 3.8) is 0 Å². The Labute approximate surface area is 134 Å². The zero-order valence-electron chi connectivity index (χ0n) is 14.7. The van der Waals surface area contributed by atoms with Crippen LogP contribution in [0.1, 0.15) is 40.5 Å². The number of methoxy groups -OCH3 is 1. The maximum Gasteiger partial charge on any atom is 0.317 e. The Kier molecular flexibility index (Phi) is 5.89. The van der Waals surface area contributed by atoms with Crippen molar-refractivity contribution in [3.05, 3.63) is 0 Å². The van der Waals surface area contributed by atoms with Crippen LogP contribution in [0.25, 0.3) is 0 Å². The summed E-state index contributed by atoms with van der Waals surface area (Å²) in [5.74, 6) is 0.463. The summed E-state index contributed by atoms with van der Waals surface area (Å²) in [5.41, 5.74) is -0.387. The minimum absolute atomic E-state index is 0.152. The minimum atomic E-state index is -3.19. The zero-order chi connectivity index (χ0) is 17.3. The number of carbonyl (C=O) groups excluding carboxylic acids is 1.